The minimum Gasteiger partial charge on any atom is -0.448 e. The summed E-state index contributed by atoms with van der Waals surface area (Å²) in [6, 6.07) is 5.75. The first-order valence-corrected chi connectivity index (χ1v) is 10.2. The molecule has 27 heavy (non-hydrogen) atoms. The molecule has 0 bridgehead atoms. The van der Waals surface area contributed by atoms with Gasteiger partial charge in [0.15, 0.2) is 11.5 Å². The van der Waals surface area contributed by atoms with Crippen molar-refractivity contribution in [1.29, 1.82) is 0 Å². The molecule has 3 aliphatic rings. The summed E-state index contributed by atoms with van der Waals surface area (Å²) < 4.78 is 12.1. The molecular formula is C21H28N2O4. The van der Waals surface area contributed by atoms with Crippen LogP contribution in [0.25, 0.3) is 0 Å². The lowest BCUT2D eigenvalue weighted by molar-refractivity contribution is -0.130. The number of ether oxygens (including phenoxy) is 2. The van der Waals surface area contributed by atoms with Crippen molar-refractivity contribution in [1.82, 2.24) is 4.90 Å². The Morgan fingerprint density at radius 1 is 1.22 bits per heavy atom. The van der Waals surface area contributed by atoms with Gasteiger partial charge >= 0.3 is 0 Å². The molecule has 6 heteroatoms. The molecule has 1 atom stereocenters. The van der Waals surface area contributed by atoms with E-state index in [-0.39, 0.29) is 30.2 Å². The third kappa shape index (κ3) is 3.37. The predicted octanol–water partition coefficient (Wildman–Crippen LogP) is 3.70. The molecule has 0 radical (unpaired) electrons. The quantitative estimate of drug-likeness (QED) is 0.856. The highest BCUT2D eigenvalue weighted by Crippen LogP contribution is 2.47. The number of carbonyl (C=O) groups is 2. The number of hydrogen-bond acceptors (Lipinski definition) is 4. The summed E-state index contributed by atoms with van der Waals surface area (Å²) in [5.74, 6) is 0.605. The molecule has 1 unspecified atom stereocenters. The van der Waals surface area contributed by atoms with E-state index in [1.165, 1.54) is 0 Å². The number of rotatable bonds is 5. The van der Waals surface area contributed by atoms with Gasteiger partial charge in [0, 0.05) is 43.6 Å². The van der Waals surface area contributed by atoms with Crippen molar-refractivity contribution in [3.8, 4) is 11.5 Å². The number of amides is 2. The van der Waals surface area contributed by atoms with E-state index in [0.29, 0.717) is 18.0 Å². The Morgan fingerprint density at radius 3 is 2.63 bits per heavy atom. The lowest BCUT2D eigenvalue weighted by Gasteiger charge is -2.26. The number of hydrogen-bond donors (Lipinski definition) is 1. The van der Waals surface area contributed by atoms with Crippen LogP contribution in [0.3, 0.4) is 0 Å². The van der Waals surface area contributed by atoms with Gasteiger partial charge in [-0.3, -0.25) is 9.59 Å². The number of nitrogens with zero attached hydrogens (tertiary/aromatic N) is 1. The summed E-state index contributed by atoms with van der Waals surface area (Å²) in [7, 11) is 0. The third-order valence-electron chi connectivity index (χ3n) is 6.08. The van der Waals surface area contributed by atoms with Crippen LogP contribution in [0.1, 0.15) is 58.8 Å². The largest absolute Gasteiger partial charge is 0.448 e. The van der Waals surface area contributed by atoms with Gasteiger partial charge < -0.3 is 19.7 Å². The number of anilines is 1. The molecule has 1 saturated heterocycles. The van der Waals surface area contributed by atoms with Gasteiger partial charge in [-0.2, -0.15) is 0 Å². The summed E-state index contributed by atoms with van der Waals surface area (Å²) in [6.07, 6.45) is 6.15. The van der Waals surface area contributed by atoms with E-state index in [9.17, 15) is 9.59 Å². The smallest absolute Gasteiger partial charge is 0.251 e. The SMILES string of the molecule is CCC(CC)N1CC(C(=O)Nc2ccc3c(c2)OC2(CCCC2)O3)CC1=O. The van der Waals surface area contributed by atoms with Crippen molar-refractivity contribution in [2.75, 3.05) is 11.9 Å². The molecule has 0 aromatic heterocycles. The van der Waals surface area contributed by atoms with Crippen LogP contribution in [0.2, 0.25) is 0 Å². The standard InChI is InChI=1S/C21H28N2O4/c1-3-16(4-2)23-13-14(11-19(23)24)20(25)22-15-7-8-17-18(12-15)27-21(26-17)9-5-6-10-21/h7-8,12,14,16H,3-6,9-11,13H2,1-2H3,(H,22,25). The second-order valence-electron chi connectivity index (χ2n) is 7.89. The van der Waals surface area contributed by atoms with Crippen molar-refractivity contribution >= 4 is 17.5 Å². The maximum atomic E-state index is 12.7. The molecule has 1 saturated carbocycles. The van der Waals surface area contributed by atoms with Crippen molar-refractivity contribution in [3.63, 3.8) is 0 Å². The molecule has 1 aromatic rings. The Morgan fingerprint density at radius 2 is 1.93 bits per heavy atom. The van der Waals surface area contributed by atoms with E-state index < -0.39 is 5.79 Å². The van der Waals surface area contributed by atoms with Gasteiger partial charge in [-0.05, 0) is 37.8 Å². The average molecular weight is 372 g/mol. The highest BCUT2D eigenvalue weighted by molar-refractivity contribution is 5.97. The average Bonchev–Trinajstić information content (AvgIpc) is 3.35. The molecule has 1 spiro atoms. The second kappa shape index (κ2) is 7.06. The molecule has 1 N–H and O–H groups in total. The topological polar surface area (TPSA) is 67.9 Å². The third-order valence-corrected chi connectivity index (χ3v) is 6.08. The maximum absolute atomic E-state index is 12.7. The number of likely N-dealkylation sites (tertiary alicyclic amines) is 1. The number of fused-ring (bicyclic) bond motifs is 1. The number of carbonyl (C=O) groups excluding carboxylic acids is 2. The fourth-order valence-electron chi connectivity index (χ4n) is 4.52. The van der Waals surface area contributed by atoms with Gasteiger partial charge in [-0.25, -0.2) is 0 Å². The molecule has 1 aliphatic carbocycles. The Bertz CT molecular complexity index is 738. The summed E-state index contributed by atoms with van der Waals surface area (Å²) in [6.45, 7) is 4.67. The Kier molecular flexibility index (Phi) is 4.74. The van der Waals surface area contributed by atoms with E-state index in [4.69, 9.17) is 9.47 Å². The number of nitrogens with one attached hydrogen (secondary N) is 1. The van der Waals surface area contributed by atoms with Gasteiger partial charge in [-0.1, -0.05) is 13.8 Å². The summed E-state index contributed by atoms with van der Waals surface area (Å²) in [5, 5.41) is 2.96. The molecule has 1 aromatic carbocycles. The Labute approximate surface area is 160 Å². The van der Waals surface area contributed by atoms with E-state index in [1.54, 1.807) is 0 Å². The van der Waals surface area contributed by atoms with Crippen LogP contribution in [0.15, 0.2) is 18.2 Å². The fourth-order valence-corrected chi connectivity index (χ4v) is 4.52. The predicted molar refractivity (Wildman–Crippen MR) is 102 cm³/mol. The zero-order valence-corrected chi connectivity index (χ0v) is 16.1. The number of benzene rings is 1. The van der Waals surface area contributed by atoms with Gasteiger partial charge in [0.1, 0.15) is 0 Å². The second-order valence-corrected chi connectivity index (χ2v) is 7.89. The molecule has 2 amide bonds. The first kappa shape index (κ1) is 18.1. The highest BCUT2D eigenvalue weighted by Gasteiger charge is 2.44. The fraction of sp³-hybridized carbons (Fsp3) is 0.619. The van der Waals surface area contributed by atoms with Crippen LogP contribution in [0, 0.1) is 5.92 Å². The van der Waals surface area contributed by atoms with Crippen LogP contribution < -0.4 is 14.8 Å². The van der Waals surface area contributed by atoms with E-state index >= 15 is 0 Å². The van der Waals surface area contributed by atoms with Crippen molar-refractivity contribution in [2.24, 2.45) is 5.92 Å². The van der Waals surface area contributed by atoms with Gasteiger partial charge in [-0.15, -0.1) is 0 Å². The first-order chi connectivity index (χ1) is 13.0. The molecule has 146 valence electrons. The zero-order chi connectivity index (χ0) is 19.0. The molecule has 4 rings (SSSR count). The minimum absolute atomic E-state index is 0.0812. The summed E-state index contributed by atoms with van der Waals surface area (Å²) in [5.41, 5.74) is 0.686. The minimum atomic E-state index is -0.501. The van der Waals surface area contributed by atoms with Gasteiger partial charge in [0.05, 0.1) is 5.92 Å². The first-order valence-electron chi connectivity index (χ1n) is 10.2. The Hall–Kier alpha value is -2.24. The van der Waals surface area contributed by atoms with E-state index in [1.807, 2.05) is 23.1 Å². The van der Waals surface area contributed by atoms with Crippen LogP contribution in [0.4, 0.5) is 5.69 Å². The van der Waals surface area contributed by atoms with Crippen molar-refractivity contribution in [2.45, 2.75) is 70.6 Å². The molecule has 2 fully saturated rings. The summed E-state index contributed by atoms with van der Waals surface area (Å²) >= 11 is 0. The zero-order valence-electron chi connectivity index (χ0n) is 16.1. The lowest BCUT2D eigenvalue weighted by atomic mass is 10.1. The van der Waals surface area contributed by atoms with Gasteiger partial charge in [0.25, 0.3) is 5.79 Å². The maximum Gasteiger partial charge on any atom is 0.251 e. The van der Waals surface area contributed by atoms with Crippen LogP contribution in [0.5, 0.6) is 11.5 Å². The molecular weight excluding hydrogens is 344 g/mol. The Balaban J connectivity index is 1.40. The highest BCUT2D eigenvalue weighted by atomic mass is 16.7. The van der Waals surface area contributed by atoms with Crippen molar-refractivity contribution in [3.05, 3.63) is 18.2 Å². The van der Waals surface area contributed by atoms with Crippen LogP contribution in [-0.2, 0) is 9.59 Å². The van der Waals surface area contributed by atoms with Gasteiger partial charge in [0.2, 0.25) is 11.8 Å². The molecule has 2 heterocycles. The van der Waals surface area contributed by atoms with Crippen molar-refractivity contribution < 1.29 is 19.1 Å². The normalized spacial score (nSPS) is 22.9. The molecule has 6 nitrogen and oxygen atoms in total. The van der Waals surface area contributed by atoms with E-state index in [0.717, 1.165) is 44.3 Å². The monoisotopic (exact) mass is 372 g/mol. The summed E-state index contributed by atoms with van der Waals surface area (Å²) in [4.78, 5) is 26.9. The molecule has 2 aliphatic heterocycles. The van der Waals surface area contributed by atoms with E-state index in [2.05, 4.69) is 19.2 Å². The lowest BCUT2D eigenvalue weighted by Crippen LogP contribution is -2.36. The van der Waals surface area contributed by atoms with Crippen LogP contribution >= 0.6 is 0 Å². The van der Waals surface area contributed by atoms with Crippen LogP contribution in [-0.4, -0.2) is 35.1 Å².